The summed E-state index contributed by atoms with van der Waals surface area (Å²) in [6, 6.07) is 14.0. The van der Waals surface area contributed by atoms with Crippen molar-refractivity contribution in [3.05, 3.63) is 70.4 Å². The van der Waals surface area contributed by atoms with E-state index >= 15 is 0 Å². The van der Waals surface area contributed by atoms with Gasteiger partial charge in [0.25, 0.3) is 0 Å². The van der Waals surface area contributed by atoms with Crippen molar-refractivity contribution in [3.63, 3.8) is 0 Å². The van der Waals surface area contributed by atoms with Crippen molar-refractivity contribution >= 4 is 40.7 Å². The van der Waals surface area contributed by atoms with Gasteiger partial charge in [0, 0.05) is 11.9 Å². The predicted octanol–water partition coefficient (Wildman–Crippen LogP) is 4.97. The first-order valence-electron chi connectivity index (χ1n) is 8.84. The van der Waals surface area contributed by atoms with E-state index in [1.165, 1.54) is 0 Å². The van der Waals surface area contributed by atoms with E-state index in [2.05, 4.69) is 26.7 Å². The highest BCUT2D eigenvalue weighted by molar-refractivity contribution is 6.34. The number of rotatable bonds is 6. The zero-order chi connectivity index (χ0) is 20.8. The molecule has 146 valence electrons. The number of nitrogens with one attached hydrogen (secondary N) is 2. The van der Waals surface area contributed by atoms with Gasteiger partial charge in [0.05, 0.1) is 34.5 Å². The SMILES string of the molecule is CCOC(=O)c1cc(C)c(Nc2ccnc(Nc3ccc(C#N)cc3)n2)c(Cl)c1. The molecule has 3 rings (SSSR count). The van der Waals surface area contributed by atoms with Crippen LogP contribution in [0.5, 0.6) is 0 Å². The van der Waals surface area contributed by atoms with Crippen LogP contribution in [0.4, 0.5) is 23.1 Å². The standard InChI is InChI=1S/C21H18ClN5O2/c1-3-29-20(28)15-10-13(2)19(17(22)11-15)26-18-8-9-24-21(27-18)25-16-6-4-14(12-23)5-7-16/h4-11H,3H2,1-2H3,(H2,24,25,26,27). The van der Waals surface area contributed by atoms with Gasteiger partial charge in [-0.1, -0.05) is 11.6 Å². The molecule has 1 heterocycles. The Hall–Kier alpha value is -3.63. The third-order valence-corrected chi connectivity index (χ3v) is 4.28. The van der Waals surface area contributed by atoms with E-state index in [9.17, 15) is 4.79 Å². The molecule has 8 heteroatoms. The van der Waals surface area contributed by atoms with Crippen LogP contribution < -0.4 is 10.6 Å². The van der Waals surface area contributed by atoms with Gasteiger partial charge in [-0.2, -0.15) is 10.2 Å². The highest BCUT2D eigenvalue weighted by atomic mass is 35.5. The van der Waals surface area contributed by atoms with Crippen LogP contribution in [-0.4, -0.2) is 22.5 Å². The lowest BCUT2D eigenvalue weighted by atomic mass is 10.1. The van der Waals surface area contributed by atoms with E-state index in [4.69, 9.17) is 21.6 Å². The topological polar surface area (TPSA) is 99.9 Å². The highest BCUT2D eigenvalue weighted by Gasteiger charge is 2.13. The Morgan fingerprint density at radius 3 is 2.62 bits per heavy atom. The summed E-state index contributed by atoms with van der Waals surface area (Å²) in [6.45, 7) is 3.89. The number of aryl methyl sites for hydroxylation is 1. The minimum Gasteiger partial charge on any atom is -0.462 e. The predicted molar refractivity (Wildman–Crippen MR) is 112 cm³/mol. The van der Waals surface area contributed by atoms with Gasteiger partial charge >= 0.3 is 5.97 Å². The van der Waals surface area contributed by atoms with Gasteiger partial charge in [0.2, 0.25) is 5.95 Å². The second-order valence-corrected chi connectivity index (χ2v) is 6.48. The van der Waals surface area contributed by atoms with Gasteiger partial charge in [-0.25, -0.2) is 9.78 Å². The molecule has 0 aliphatic rings. The first kappa shape index (κ1) is 20.1. The number of ether oxygens (including phenoxy) is 1. The van der Waals surface area contributed by atoms with Crippen LogP contribution in [0.3, 0.4) is 0 Å². The Bertz CT molecular complexity index is 1050. The van der Waals surface area contributed by atoms with Crippen molar-refractivity contribution in [2.75, 3.05) is 17.2 Å². The molecular weight excluding hydrogens is 390 g/mol. The molecule has 3 aromatic rings. The number of aromatic nitrogens is 2. The van der Waals surface area contributed by atoms with Gasteiger partial charge in [0.15, 0.2) is 0 Å². The minimum atomic E-state index is -0.417. The number of esters is 1. The minimum absolute atomic E-state index is 0.297. The zero-order valence-electron chi connectivity index (χ0n) is 15.9. The van der Waals surface area contributed by atoms with E-state index in [0.29, 0.717) is 40.2 Å². The fourth-order valence-corrected chi connectivity index (χ4v) is 2.92. The molecule has 0 aliphatic heterocycles. The average Bonchev–Trinajstić information content (AvgIpc) is 2.71. The summed E-state index contributed by atoms with van der Waals surface area (Å²) >= 11 is 6.37. The van der Waals surface area contributed by atoms with Gasteiger partial charge in [-0.3, -0.25) is 0 Å². The van der Waals surface area contributed by atoms with Crippen molar-refractivity contribution in [3.8, 4) is 6.07 Å². The van der Waals surface area contributed by atoms with E-state index < -0.39 is 5.97 Å². The quantitative estimate of drug-likeness (QED) is 0.556. The number of halogens is 1. The lowest BCUT2D eigenvalue weighted by Crippen LogP contribution is -2.06. The fraction of sp³-hybridized carbons (Fsp3) is 0.143. The molecule has 0 saturated carbocycles. The maximum atomic E-state index is 11.9. The molecular formula is C21H18ClN5O2. The highest BCUT2D eigenvalue weighted by Crippen LogP contribution is 2.30. The van der Waals surface area contributed by atoms with Crippen LogP contribution in [-0.2, 0) is 4.74 Å². The van der Waals surface area contributed by atoms with Crippen molar-refractivity contribution in [1.82, 2.24) is 9.97 Å². The Morgan fingerprint density at radius 1 is 1.21 bits per heavy atom. The number of anilines is 4. The molecule has 0 aliphatic carbocycles. The van der Waals surface area contributed by atoms with Crippen LogP contribution in [0.15, 0.2) is 48.7 Å². The third kappa shape index (κ3) is 5.00. The number of hydrogen-bond donors (Lipinski definition) is 2. The second-order valence-electron chi connectivity index (χ2n) is 6.08. The molecule has 2 aromatic carbocycles. The van der Waals surface area contributed by atoms with Crippen molar-refractivity contribution in [1.29, 1.82) is 5.26 Å². The summed E-state index contributed by atoms with van der Waals surface area (Å²) in [4.78, 5) is 20.6. The Morgan fingerprint density at radius 2 is 1.97 bits per heavy atom. The van der Waals surface area contributed by atoms with E-state index in [0.717, 1.165) is 11.3 Å². The Balaban J connectivity index is 1.79. The van der Waals surface area contributed by atoms with Crippen LogP contribution in [0.1, 0.15) is 28.4 Å². The molecule has 0 fully saturated rings. The molecule has 7 nitrogen and oxygen atoms in total. The Kier molecular flexibility index (Phi) is 6.27. The summed E-state index contributed by atoms with van der Waals surface area (Å²) in [6.07, 6.45) is 1.61. The van der Waals surface area contributed by atoms with Crippen LogP contribution in [0.2, 0.25) is 5.02 Å². The number of benzene rings is 2. The third-order valence-electron chi connectivity index (χ3n) is 3.98. The molecule has 0 bridgehead atoms. The zero-order valence-corrected chi connectivity index (χ0v) is 16.6. The molecule has 0 radical (unpaired) electrons. The van der Waals surface area contributed by atoms with Crippen molar-refractivity contribution in [2.45, 2.75) is 13.8 Å². The molecule has 1 aromatic heterocycles. The summed E-state index contributed by atoms with van der Waals surface area (Å²) in [5.41, 5.74) is 3.15. The molecule has 2 N–H and O–H groups in total. The fourth-order valence-electron chi connectivity index (χ4n) is 2.61. The first-order valence-corrected chi connectivity index (χ1v) is 9.22. The second kappa shape index (κ2) is 9.04. The largest absolute Gasteiger partial charge is 0.462 e. The van der Waals surface area contributed by atoms with Gasteiger partial charge in [0.1, 0.15) is 5.82 Å². The molecule has 0 spiro atoms. The van der Waals surface area contributed by atoms with Gasteiger partial charge < -0.3 is 15.4 Å². The Labute approximate surface area is 173 Å². The van der Waals surface area contributed by atoms with Crippen molar-refractivity contribution in [2.24, 2.45) is 0 Å². The number of nitriles is 1. The lowest BCUT2D eigenvalue weighted by molar-refractivity contribution is 0.0526. The maximum Gasteiger partial charge on any atom is 0.338 e. The first-order chi connectivity index (χ1) is 14.0. The molecule has 0 amide bonds. The van der Waals surface area contributed by atoms with E-state index in [1.807, 2.05) is 6.92 Å². The smallest absolute Gasteiger partial charge is 0.338 e. The van der Waals surface area contributed by atoms with Crippen LogP contribution >= 0.6 is 11.6 Å². The average molecular weight is 408 g/mol. The van der Waals surface area contributed by atoms with E-state index in [1.54, 1.807) is 55.6 Å². The van der Waals surface area contributed by atoms with Gasteiger partial charge in [-0.05, 0) is 61.9 Å². The number of carbonyl (C=O) groups is 1. The van der Waals surface area contributed by atoms with Crippen LogP contribution in [0, 0.1) is 18.3 Å². The monoisotopic (exact) mass is 407 g/mol. The molecule has 29 heavy (non-hydrogen) atoms. The summed E-state index contributed by atoms with van der Waals surface area (Å²) in [5.74, 6) is 0.502. The number of nitrogens with zero attached hydrogens (tertiary/aromatic N) is 3. The summed E-state index contributed by atoms with van der Waals surface area (Å²) < 4.78 is 5.02. The number of carbonyl (C=O) groups excluding carboxylic acids is 1. The van der Waals surface area contributed by atoms with E-state index in [-0.39, 0.29) is 0 Å². The molecule has 0 atom stereocenters. The van der Waals surface area contributed by atoms with Gasteiger partial charge in [-0.15, -0.1) is 0 Å². The lowest BCUT2D eigenvalue weighted by Gasteiger charge is -2.13. The normalized spacial score (nSPS) is 10.1. The maximum absolute atomic E-state index is 11.9. The summed E-state index contributed by atoms with van der Waals surface area (Å²) in [7, 11) is 0. The molecule has 0 saturated heterocycles. The van der Waals surface area contributed by atoms with Crippen LogP contribution in [0.25, 0.3) is 0 Å². The van der Waals surface area contributed by atoms with Crippen molar-refractivity contribution < 1.29 is 9.53 Å². The molecule has 0 unspecified atom stereocenters. The number of hydrogen-bond acceptors (Lipinski definition) is 7. The summed E-state index contributed by atoms with van der Waals surface area (Å²) in [5, 5.41) is 15.5.